The van der Waals surface area contributed by atoms with Gasteiger partial charge in [0.1, 0.15) is 0 Å². The fraction of sp³-hybridized carbons (Fsp3) is 0.0943. The van der Waals surface area contributed by atoms with Crippen LogP contribution in [0.15, 0.2) is 176 Å². The van der Waals surface area contributed by atoms with Crippen molar-refractivity contribution in [3.05, 3.63) is 198 Å². The lowest BCUT2D eigenvalue weighted by Gasteiger charge is -2.31. The van der Waals surface area contributed by atoms with Gasteiger partial charge in [0.2, 0.25) is 0 Å². The molecule has 11 rings (SSSR count). The predicted molar refractivity (Wildman–Crippen MR) is 229 cm³/mol. The van der Waals surface area contributed by atoms with Crippen LogP contribution in [-0.2, 0) is 18.3 Å². The Balaban J connectivity index is 1.27. The molecule has 256 valence electrons. The van der Waals surface area contributed by atoms with Crippen molar-refractivity contribution in [1.82, 2.24) is 0 Å². The SMILES string of the molecule is CC1(C)c2ccccc2-c2ccc(-c3c4ccccc4c(N4c5ccccc5CCc5ccccc54)c4ccc(-c5cccc6ccccc56)cc34)cc21. The summed E-state index contributed by atoms with van der Waals surface area (Å²) < 4.78 is 0. The Bertz CT molecular complexity index is 2930. The van der Waals surface area contributed by atoms with Crippen LogP contribution in [0, 0.1) is 0 Å². The van der Waals surface area contributed by atoms with Gasteiger partial charge in [-0.1, -0.05) is 166 Å². The van der Waals surface area contributed by atoms with E-state index >= 15 is 0 Å². The number of para-hydroxylation sites is 2. The van der Waals surface area contributed by atoms with Gasteiger partial charge in [-0.25, -0.2) is 0 Å². The van der Waals surface area contributed by atoms with Crippen molar-refractivity contribution in [2.45, 2.75) is 32.1 Å². The molecule has 1 heteroatoms. The molecule has 0 saturated heterocycles. The summed E-state index contributed by atoms with van der Waals surface area (Å²) in [6.45, 7) is 4.77. The highest BCUT2D eigenvalue weighted by Gasteiger charge is 2.36. The second-order valence-electron chi connectivity index (χ2n) is 15.6. The van der Waals surface area contributed by atoms with Crippen LogP contribution in [0.4, 0.5) is 17.1 Å². The van der Waals surface area contributed by atoms with Gasteiger partial charge in [-0.3, -0.25) is 0 Å². The third-order valence-corrected chi connectivity index (χ3v) is 12.3. The second-order valence-corrected chi connectivity index (χ2v) is 15.6. The lowest BCUT2D eigenvalue weighted by Crippen LogP contribution is -2.15. The van der Waals surface area contributed by atoms with E-state index in [9.17, 15) is 0 Å². The van der Waals surface area contributed by atoms with Crippen molar-refractivity contribution < 1.29 is 0 Å². The normalized spacial score (nSPS) is 14.1. The molecule has 0 fully saturated rings. The Kier molecular flexibility index (Phi) is 6.79. The van der Waals surface area contributed by atoms with Gasteiger partial charge in [-0.2, -0.15) is 0 Å². The summed E-state index contributed by atoms with van der Waals surface area (Å²) in [7, 11) is 0. The maximum atomic E-state index is 2.58. The number of hydrogen-bond donors (Lipinski definition) is 0. The monoisotopic (exact) mass is 689 g/mol. The highest BCUT2D eigenvalue weighted by molar-refractivity contribution is 6.23. The maximum Gasteiger partial charge on any atom is 0.0619 e. The molecule has 1 nitrogen and oxygen atoms in total. The lowest BCUT2D eigenvalue weighted by molar-refractivity contribution is 0.660. The van der Waals surface area contributed by atoms with Crippen molar-refractivity contribution in [2.75, 3.05) is 4.90 Å². The zero-order chi connectivity index (χ0) is 36.0. The van der Waals surface area contributed by atoms with E-state index in [0.29, 0.717) is 0 Å². The number of aryl methyl sites for hydroxylation is 2. The number of fused-ring (bicyclic) bond motifs is 8. The third-order valence-electron chi connectivity index (χ3n) is 12.3. The predicted octanol–water partition coefficient (Wildman–Crippen LogP) is 14.4. The first-order valence-corrected chi connectivity index (χ1v) is 19.2. The van der Waals surface area contributed by atoms with Crippen LogP contribution in [0.25, 0.3) is 65.7 Å². The molecule has 1 heterocycles. The van der Waals surface area contributed by atoms with E-state index in [0.717, 1.165) is 12.8 Å². The molecular weight excluding hydrogens is 651 g/mol. The molecule has 0 saturated carbocycles. The molecule has 0 radical (unpaired) electrons. The van der Waals surface area contributed by atoms with E-state index in [4.69, 9.17) is 0 Å². The van der Waals surface area contributed by atoms with Crippen LogP contribution in [0.5, 0.6) is 0 Å². The summed E-state index contributed by atoms with van der Waals surface area (Å²) in [6.07, 6.45) is 2.02. The largest absolute Gasteiger partial charge is 0.309 e. The first kappa shape index (κ1) is 31.1. The van der Waals surface area contributed by atoms with Crippen LogP contribution in [0.3, 0.4) is 0 Å². The van der Waals surface area contributed by atoms with E-state index in [1.54, 1.807) is 0 Å². The average Bonchev–Trinajstić information content (AvgIpc) is 3.33. The molecular formula is C53H39N. The van der Waals surface area contributed by atoms with Gasteiger partial charge in [0.05, 0.1) is 5.69 Å². The Hall–Kier alpha value is -6.44. The van der Waals surface area contributed by atoms with E-state index in [1.165, 1.54) is 105 Å². The van der Waals surface area contributed by atoms with Gasteiger partial charge in [0, 0.05) is 27.6 Å². The summed E-state index contributed by atoms with van der Waals surface area (Å²) >= 11 is 0. The van der Waals surface area contributed by atoms with Crippen LogP contribution in [0.2, 0.25) is 0 Å². The summed E-state index contributed by atoms with van der Waals surface area (Å²) in [5, 5.41) is 7.57. The Labute approximate surface area is 316 Å². The quantitative estimate of drug-likeness (QED) is 0.167. The van der Waals surface area contributed by atoms with Crippen molar-refractivity contribution in [2.24, 2.45) is 0 Å². The third kappa shape index (κ3) is 4.51. The Morgan fingerprint density at radius 3 is 1.78 bits per heavy atom. The number of anilines is 3. The van der Waals surface area contributed by atoms with Crippen LogP contribution in [0.1, 0.15) is 36.1 Å². The number of rotatable bonds is 3. The highest BCUT2D eigenvalue weighted by Crippen LogP contribution is 2.53. The van der Waals surface area contributed by atoms with Gasteiger partial charge in [-0.15, -0.1) is 0 Å². The Morgan fingerprint density at radius 1 is 0.407 bits per heavy atom. The minimum absolute atomic E-state index is 0.0962. The topological polar surface area (TPSA) is 3.24 Å². The van der Waals surface area contributed by atoms with Crippen molar-refractivity contribution in [3.63, 3.8) is 0 Å². The summed E-state index contributed by atoms with van der Waals surface area (Å²) in [4.78, 5) is 2.58. The summed E-state index contributed by atoms with van der Waals surface area (Å²) in [5.41, 5.74) is 16.9. The maximum absolute atomic E-state index is 2.58. The van der Waals surface area contributed by atoms with Crippen LogP contribution >= 0.6 is 0 Å². The van der Waals surface area contributed by atoms with E-state index in [2.05, 4.69) is 195 Å². The molecule has 0 aromatic heterocycles. The van der Waals surface area contributed by atoms with Gasteiger partial charge in [-0.05, 0) is 114 Å². The summed E-state index contributed by atoms with van der Waals surface area (Å²) in [6, 6.07) is 66.0. The van der Waals surface area contributed by atoms with Crippen molar-refractivity contribution >= 4 is 49.4 Å². The smallest absolute Gasteiger partial charge is 0.0619 e. The molecule has 0 amide bonds. The van der Waals surface area contributed by atoms with E-state index < -0.39 is 0 Å². The molecule has 0 spiro atoms. The average molecular weight is 690 g/mol. The molecule has 1 aliphatic carbocycles. The zero-order valence-corrected chi connectivity index (χ0v) is 30.6. The minimum atomic E-state index is -0.0962. The molecule has 9 aromatic rings. The highest BCUT2D eigenvalue weighted by atomic mass is 15.2. The van der Waals surface area contributed by atoms with Crippen molar-refractivity contribution in [1.29, 1.82) is 0 Å². The van der Waals surface area contributed by atoms with E-state index in [-0.39, 0.29) is 5.41 Å². The number of nitrogens with zero attached hydrogens (tertiary/aromatic N) is 1. The fourth-order valence-electron chi connectivity index (χ4n) is 9.73. The first-order valence-electron chi connectivity index (χ1n) is 19.2. The minimum Gasteiger partial charge on any atom is -0.309 e. The molecule has 0 N–H and O–H groups in total. The van der Waals surface area contributed by atoms with Gasteiger partial charge < -0.3 is 4.90 Å². The standard InChI is InChI=1S/C53H39N/c1-53(2)47-23-10-9-19-41(47)42-30-29-38(33-48(42)53)51-43-20-7-8-21-44(43)52(54-49-24-11-4-15-35(49)26-27-36-16-5-12-25-50(36)54)45-31-28-37(32-46(45)51)40-22-13-17-34-14-3-6-18-39(34)40/h3-25,28-33H,26-27H2,1-2H3. The fourth-order valence-corrected chi connectivity index (χ4v) is 9.73. The Morgan fingerprint density at radius 2 is 0.981 bits per heavy atom. The lowest BCUT2D eigenvalue weighted by atomic mass is 9.80. The van der Waals surface area contributed by atoms with Gasteiger partial charge in [0.25, 0.3) is 0 Å². The molecule has 0 atom stereocenters. The molecule has 9 aromatic carbocycles. The second kappa shape index (κ2) is 11.8. The molecule has 54 heavy (non-hydrogen) atoms. The van der Waals surface area contributed by atoms with Crippen LogP contribution in [-0.4, -0.2) is 0 Å². The molecule has 0 unspecified atom stereocenters. The number of benzene rings is 9. The van der Waals surface area contributed by atoms with Gasteiger partial charge in [0.15, 0.2) is 0 Å². The van der Waals surface area contributed by atoms with E-state index in [1.807, 2.05) is 0 Å². The van der Waals surface area contributed by atoms with Crippen LogP contribution < -0.4 is 4.90 Å². The molecule has 2 aliphatic rings. The first-order chi connectivity index (χ1) is 26.6. The summed E-state index contributed by atoms with van der Waals surface area (Å²) in [5.74, 6) is 0. The molecule has 0 bridgehead atoms. The molecule has 1 aliphatic heterocycles. The number of hydrogen-bond acceptors (Lipinski definition) is 1. The zero-order valence-electron chi connectivity index (χ0n) is 30.6. The van der Waals surface area contributed by atoms with Gasteiger partial charge >= 0.3 is 0 Å². The van der Waals surface area contributed by atoms with Crippen molar-refractivity contribution in [3.8, 4) is 33.4 Å².